The summed E-state index contributed by atoms with van der Waals surface area (Å²) in [5.41, 5.74) is 1.58. The van der Waals surface area contributed by atoms with Gasteiger partial charge >= 0.3 is 0 Å². The van der Waals surface area contributed by atoms with Crippen LogP contribution >= 0.6 is 15.9 Å². The highest BCUT2D eigenvalue weighted by Gasteiger charge is 2.18. The fraction of sp³-hybridized carbons (Fsp3) is 0.286. The normalized spacial score (nSPS) is 10.9. The average Bonchev–Trinajstić information content (AvgIpc) is 2.64. The van der Waals surface area contributed by atoms with Gasteiger partial charge in [0.15, 0.2) is 5.78 Å². The van der Waals surface area contributed by atoms with Crippen LogP contribution in [0.3, 0.4) is 0 Å². The van der Waals surface area contributed by atoms with Crippen LogP contribution in [0.5, 0.6) is 0 Å². The maximum atomic E-state index is 14.0. The third kappa shape index (κ3) is 2.52. The Balaban J connectivity index is 2.49. The number of carbonyl (C=O) groups is 1. The van der Waals surface area contributed by atoms with E-state index in [1.54, 1.807) is 13.8 Å². The van der Waals surface area contributed by atoms with Crippen molar-refractivity contribution < 1.29 is 13.6 Å². The number of benzene rings is 1. The molecular weight excluding hydrogens is 330 g/mol. The molecule has 0 atom stereocenters. The van der Waals surface area contributed by atoms with Crippen LogP contribution in [0, 0.1) is 25.5 Å². The molecule has 0 spiro atoms. The Kier molecular flexibility index (Phi) is 4.04. The quantitative estimate of drug-likeness (QED) is 0.628. The highest BCUT2D eigenvalue weighted by molar-refractivity contribution is 9.10. The first-order valence-corrected chi connectivity index (χ1v) is 6.79. The van der Waals surface area contributed by atoms with E-state index in [0.29, 0.717) is 17.0 Å². The molecule has 0 aliphatic heterocycles. The largest absolute Gasteiger partial charge is 0.294 e. The fourth-order valence-corrected chi connectivity index (χ4v) is 2.60. The average molecular weight is 343 g/mol. The van der Waals surface area contributed by atoms with E-state index in [9.17, 15) is 13.6 Å². The van der Waals surface area contributed by atoms with Crippen LogP contribution in [0.1, 0.15) is 34.2 Å². The van der Waals surface area contributed by atoms with Crippen LogP contribution in [0.25, 0.3) is 0 Å². The summed E-state index contributed by atoms with van der Waals surface area (Å²) >= 11 is 3.03. The molecule has 0 radical (unpaired) electrons. The minimum atomic E-state index is -0.651. The first-order chi connectivity index (χ1) is 9.32. The number of nitrogens with zero attached hydrogens (tertiary/aromatic N) is 2. The summed E-state index contributed by atoms with van der Waals surface area (Å²) in [7, 11) is 0. The molecule has 0 unspecified atom stereocenters. The van der Waals surface area contributed by atoms with Gasteiger partial charge in [-0.2, -0.15) is 5.10 Å². The lowest BCUT2D eigenvalue weighted by atomic mass is 10.1. The molecule has 6 heteroatoms. The molecule has 0 saturated heterocycles. The predicted molar refractivity (Wildman–Crippen MR) is 74.9 cm³/mol. The molecule has 2 aromatic rings. The molecule has 106 valence electrons. The van der Waals surface area contributed by atoms with E-state index in [4.69, 9.17) is 0 Å². The van der Waals surface area contributed by atoms with E-state index in [2.05, 4.69) is 21.0 Å². The van der Waals surface area contributed by atoms with Crippen LogP contribution in [0.4, 0.5) is 8.78 Å². The number of Topliss-reactive ketones (excluding diaryl/α,β-unsaturated/α-hetero) is 1. The lowest BCUT2D eigenvalue weighted by Crippen LogP contribution is -2.09. The SMILES string of the molecule is CC(=O)c1c(C)nn(Cc2c(F)ccc(Br)c2F)c1C. The molecule has 0 fully saturated rings. The van der Waals surface area contributed by atoms with Gasteiger partial charge < -0.3 is 0 Å². The standard InChI is InChI=1S/C14H13BrF2N2O/c1-7-13(9(3)20)8(2)19(18-7)6-10-12(16)5-4-11(15)14(10)17/h4-5H,6H2,1-3H3. The van der Waals surface area contributed by atoms with Crippen molar-refractivity contribution >= 4 is 21.7 Å². The molecule has 0 bridgehead atoms. The number of aryl methyl sites for hydroxylation is 1. The second-order valence-corrected chi connectivity index (χ2v) is 5.44. The van der Waals surface area contributed by atoms with Crippen LogP contribution in [0.15, 0.2) is 16.6 Å². The first kappa shape index (κ1) is 14.8. The summed E-state index contributed by atoms with van der Waals surface area (Å²) in [5.74, 6) is -1.40. The molecule has 0 aliphatic carbocycles. The van der Waals surface area contributed by atoms with Gasteiger partial charge in [-0.1, -0.05) is 0 Å². The smallest absolute Gasteiger partial charge is 0.163 e. The molecule has 0 aliphatic rings. The Labute approximate surface area is 123 Å². The van der Waals surface area contributed by atoms with Crippen LogP contribution in [0.2, 0.25) is 0 Å². The lowest BCUT2D eigenvalue weighted by molar-refractivity contribution is 0.101. The summed E-state index contributed by atoms with van der Waals surface area (Å²) in [5, 5.41) is 4.19. The number of halogens is 3. The van der Waals surface area contributed by atoms with Crippen molar-refractivity contribution in [2.45, 2.75) is 27.3 Å². The van der Waals surface area contributed by atoms with Gasteiger partial charge in [-0.3, -0.25) is 9.48 Å². The number of hydrogen-bond acceptors (Lipinski definition) is 2. The van der Waals surface area contributed by atoms with Gasteiger partial charge in [0.1, 0.15) is 11.6 Å². The van der Waals surface area contributed by atoms with Gasteiger partial charge in [-0.15, -0.1) is 0 Å². The van der Waals surface area contributed by atoms with E-state index in [1.807, 2.05) is 0 Å². The summed E-state index contributed by atoms with van der Waals surface area (Å²) in [6, 6.07) is 2.51. The third-order valence-corrected chi connectivity index (χ3v) is 3.79. The second-order valence-electron chi connectivity index (χ2n) is 4.58. The molecule has 1 aromatic heterocycles. The van der Waals surface area contributed by atoms with Gasteiger partial charge in [0.05, 0.1) is 22.3 Å². The monoisotopic (exact) mass is 342 g/mol. The Morgan fingerprint density at radius 3 is 2.55 bits per heavy atom. The van der Waals surface area contributed by atoms with E-state index < -0.39 is 11.6 Å². The Morgan fingerprint density at radius 2 is 2.00 bits per heavy atom. The minimum Gasteiger partial charge on any atom is -0.294 e. The van der Waals surface area contributed by atoms with Gasteiger partial charge in [-0.25, -0.2) is 8.78 Å². The summed E-state index contributed by atoms with van der Waals surface area (Å²) in [4.78, 5) is 11.5. The van der Waals surface area contributed by atoms with Crippen molar-refractivity contribution in [3.63, 3.8) is 0 Å². The van der Waals surface area contributed by atoms with E-state index in [-0.39, 0.29) is 22.4 Å². The molecule has 0 N–H and O–H groups in total. The Morgan fingerprint density at radius 1 is 1.35 bits per heavy atom. The van der Waals surface area contributed by atoms with Crippen LogP contribution < -0.4 is 0 Å². The molecular formula is C14H13BrF2N2O. The number of carbonyl (C=O) groups excluding carboxylic acids is 1. The number of ketones is 1. The van der Waals surface area contributed by atoms with E-state index in [1.165, 1.54) is 23.7 Å². The summed E-state index contributed by atoms with van der Waals surface area (Å²) in [6.07, 6.45) is 0. The zero-order chi connectivity index (χ0) is 15.0. The predicted octanol–water partition coefficient (Wildman–Crippen LogP) is 3.79. The van der Waals surface area contributed by atoms with E-state index in [0.717, 1.165) is 0 Å². The highest BCUT2D eigenvalue weighted by Crippen LogP contribution is 2.23. The summed E-state index contributed by atoms with van der Waals surface area (Å²) < 4.78 is 29.3. The molecule has 0 amide bonds. The summed E-state index contributed by atoms with van der Waals surface area (Å²) in [6.45, 7) is 4.80. The lowest BCUT2D eigenvalue weighted by Gasteiger charge is -2.08. The van der Waals surface area contributed by atoms with Crippen LogP contribution in [-0.2, 0) is 6.54 Å². The maximum Gasteiger partial charge on any atom is 0.163 e. The van der Waals surface area contributed by atoms with Gasteiger partial charge in [0.2, 0.25) is 0 Å². The Bertz CT molecular complexity index is 695. The molecule has 1 aromatic carbocycles. The number of rotatable bonds is 3. The van der Waals surface area contributed by atoms with Gasteiger partial charge in [-0.05, 0) is 48.8 Å². The fourth-order valence-electron chi connectivity index (χ4n) is 2.22. The molecule has 20 heavy (non-hydrogen) atoms. The first-order valence-electron chi connectivity index (χ1n) is 6.00. The number of aromatic nitrogens is 2. The zero-order valence-corrected chi connectivity index (χ0v) is 12.9. The topological polar surface area (TPSA) is 34.9 Å². The van der Waals surface area contributed by atoms with Crippen LogP contribution in [-0.4, -0.2) is 15.6 Å². The number of hydrogen-bond donors (Lipinski definition) is 0. The zero-order valence-electron chi connectivity index (χ0n) is 11.3. The van der Waals surface area contributed by atoms with Crippen molar-refractivity contribution in [3.05, 3.63) is 50.8 Å². The highest BCUT2D eigenvalue weighted by atomic mass is 79.9. The third-order valence-electron chi connectivity index (χ3n) is 3.18. The second kappa shape index (κ2) is 5.44. The maximum absolute atomic E-state index is 14.0. The van der Waals surface area contributed by atoms with Crippen molar-refractivity contribution in [2.24, 2.45) is 0 Å². The van der Waals surface area contributed by atoms with Crippen molar-refractivity contribution in [1.29, 1.82) is 0 Å². The van der Waals surface area contributed by atoms with Crippen molar-refractivity contribution in [1.82, 2.24) is 9.78 Å². The minimum absolute atomic E-state index is 0.0585. The van der Waals surface area contributed by atoms with Gasteiger partial charge in [0.25, 0.3) is 0 Å². The van der Waals surface area contributed by atoms with Crippen molar-refractivity contribution in [3.8, 4) is 0 Å². The van der Waals surface area contributed by atoms with Crippen molar-refractivity contribution in [2.75, 3.05) is 0 Å². The van der Waals surface area contributed by atoms with E-state index >= 15 is 0 Å². The Hall–Kier alpha value is -1.56. The molecule has 1 heterocycles. The van der Waals surface area contributed by atoms with Gasteiger partial charge in [0, 0.05) is 11.3 Å². The molecule has 2 rings (SSSR count). The molecule has 3 nitrogen and oxygen atoms in total. The molecule has 0 saturated carbocycles.